The van der Waals surface area contributed by atoms with E-state index in [9.17, 15) is 10.1 Å². The Hall–Kier alpha value is -2.62. The van der Waals surface area contributed by atoms with Crippen molar-refractivity contribution in [1.82, 2.24) is 10.3 Å². The van der Waals surface area contributed by atoms with E-state index >= 15 is 0 Å². The van der Waals surface area contributed by atoms with Gasteiger partial charge in [0.2, 0.25) is 0 Å². The molecular formula is C22H23ClN4O2. The smallest absolute Gasteiger partial charge is 0.252 e. The van der Waals surface area contributed by atoms with Crippen molar-refractivity contribution in [2.45, 2.75) is 32.4 Å². The lowest BCUT2D eigenvalue weighted by molar-refractivity contribution is 0.0652. The standard InChI is InChI=1S/C22H23ClN4O2/c1-22(2,12-26-21(28)14-4-6-18(23)25-11-14)20-15-7-8-29-19(15)16-9-13(10-24)3-5-17(16)27-20/h3-6,9,11,15,19-20,27H,7-8,12H2,1-2H3,(H,26,28). The number of ether oxygens (including phenoxy) is 1. The maximum atomic E-state index is 12.5. The maximum absolute atomic E-state index is 12.5. The fourth-order valence-electron chi connectivity index (χ4n) is 4.35. The third-order valence-corrected chi connectivity index (χ3v) is 6.12. The van der Waals surface area contributed by atoms with E-state index in [0.717, 1.165) is 17.7 Å². The molecule has 2 aromatic rings. The molecule has 1 amide bonds. The summed E-state index contributed by atoms with van der Waals surface area (Å²) in [5.41, 5.74) is 2.95. The lowest BCUT2D eigenvalue weighted by atomic mass is 9.71. The number of nitriles is 1. The first-order valence-corrected chi connectivity index (χ1v) is 10.1. The number of halogens is 1. The van der Waals surface area contributed by atoms with E-state index < -0.39 is 0 Å². The number of amides is 1. The number of nitrogens with one attached hydrogen (secondary N) is 2. The second-order valence-electron chi connectivity index (χ2n) is 8.32. The van der Waals surface area contributed by atoms with Crippen LogP contribution in [0.25, 0.3) is 0 Å². The van der Waals surface area contributed by atoms with Gasteiger partial charge in [0.15, 0.2) is 0 Å². The van der Waals surface area contributed by atoms with Crippen LogP contribution in [0.4, 0.5) is 5.69 Å². The molecule has 1 aromatic heterocycles. The lowest BCUT2D eigenvalue weighted by Crippen LogP contribution is -2.51. The molecule has 0 aliphatic carbocycles. The molecule has 1 saturated heterocycles. The van der Waals surface area contributed by atoms with Crippen LogP contribution in [-0.4, -0.2) is 30.1 Å². The number of nitrogens with zero attached hydrogens (tertiary/aromatic N) is 2. The summed E-state index contributed by atoms with van der Waals surface area (Å²) < 4.78 is 6.06. The molecule has 2 aliphatic heterocycles. The molecule has 6 nitrogen and oxygen atoms in total. The van der Waals surface area contributed by atoms with Crippen LogP contribution in [0, 0.1) is 22.7 Å². The average Bonchev–Trinajstić information content (AvgIpc) is 3.21. The number of aromatic nitrogens is 1. The molecule has 0 bridgehead atoms. The SMILES string of the molecule is CC(C)(CNC(=O)c1ccc(Cl)nc1)C1Nc2ccc(C#N)cc2C2OCCC21. The quantitative estimate of drug-likeness (QED) is 0.745. The number of benzene rings is 1. The number of hydrogen-bond donors (Lipinski definition) is 2. The van der Waals surface area contributed by atoms with Gasteiger partial charge in [0.1, 0.15) is 5.15 Å². The molecule has 3 unspecified atom stereocenters. The third-order valence-electron chi connectivity index (χ3n) is 5.90. The van der Waals surface area contributed by atoms with Gasteiger partial charge in [0, 0.05) is 48.0 Å². The highest BCUT2D eigenvalue weighted by Crippen LogP contribution is 2.48. The van der Waals surface area contributed by atoms with E-state index in [2.05, 4.69) is 35.5 Å². The van der Waals surface area contributed by atoms with Gasteiger partial charge < -0.3 is 15.4 Å². The Kier molecular flexibility index (Phi) is 5.20. The molecule has 4 rings (SSSR count). The second kappa shape index (κ2) is 7.66. The van der Waals surface area contributed by atoms with E-state index in [-0.39, 0.29) is 29.4 Å². The summed E-state index contributed by atoms with van der Waals surface area (Å²) in [4.78, 5) is 16.5. The largest absolute Gasteiger partial charge is 0.381 e. The zero-order chi connectivity index (χ0) is 20.6. The monoisotopic (exact) mass is 410 g/mol. The topological polar surface area (TPSA) is 87.0 Å². The van der Waals surface area contributed by atoms with Gasteiger partial charge in [0.25, 0.3) is 5.91 Å². The molecule has 150 valence electrons. The molecule has 1 fully saturated rings. The highest BCUT2D eigenvalue weighted by atomic mass is 35.5. The first-order chi connectivity index (χ1) is 13.9. The van der Waals surface area contributed by atoms with Crippen LogP contribution >= 0.6 is 11.6 Å². The first kappa shape index (κ1) is 19.7. The summed E-state index contributed by atoms with van der Waals surface area (Å²) in [6, 6.07) is 11.3. The zero-order valence-electron chi connectivity index (χ0n) is 16.4. The maximum Gasteiger partial charge on any atom is 0.252 e. The molecule has 2 N–H and O–H groups in total. The summed E-state index contributed by atoms with van der Waals surface area (Å²) >= 11 is 5.80. The number of fused-ring (bicyclic) bond motifs is 3. The van der Waals surface area contributed by atoms with E-state index in [0.29, 0.717) is 29.4 Å². The number of rotatable bonds is 4. The predicted octanol–water partition coefficient (Wildman–Crippen LogP) is 3.93. The summed E-state index contributed by atoms with van der Waals surface area (Å²) in [5.74, 6) is 0.108. The van der Waals surface area contributed by atoms with Gasteiger partial charge in [-0.25, -0.2) is 4.98 Å². The van der Waals surface area contributed by atoms with Crippen molar-refractivity contribution in [3.63, 3.8) is 0 Å². The molecule has 3 atom stereocenters. The van der Waals surface area contributed by atoms with Crippen LogP contribution in [0.1, 0.15) is 47.9 Å². The Morgan fingerprint density at radius 1 is 1.41 bits per heavy atom. The lowest BCUT2D eigenvalue weighted by Gasteiger charge is -2.45. The summed E-state index contributed by atoms with van der Waals surface area (Å²) in [6.07, 6.45) is 2.39. The minimum absolute atomic E-state index is 0.0278. The van der Waals surface area contributed by atoms with Crippen molar-refractivity contribution in [2.75, 3.05) is 18.5 Å². The van der Waals surface area contributed by atoms with Crippen molar-refractivity contribution >= 4 is 23.2 Å². The Labute approximate surface area is 175 Å². The van der Waals surface area contributed by atoms with Crippen molar-refractivity contribution < 1.29 is 9.53 Å². The average molecular weight is 411 g/mol. The fraction of sp³-hybridized carbons (Fsp3) is 0.409. The summed E-state index contributed by atoms with van der Waals surface area (Å²) in [6.45, 7) is 5.49. The molecule has 29 heavy (non-hydrogen) atoms. The Balaban J connectivity index is 1.52. The highest BCUT2D eigenvalue weighted by Gasteiger charge is 2.46. The number of anilines is 1. The van der Waals surface area contributed by atoms with Crippen molar-refractivity contribution in [2.24, 2.45) is 11.3 Å². The van der Waals surface area contributed by atoms with Gasteiger partial charge in [-0.2, -0.15) is 5.26 Å². The van der Waals surface area contributed by atoms with E-state index in [4.69, 9.17) is 16.3 Å². The predicted molar refractivity (Wildman–Crippen MR) is 111 cm³/mol. The van der Waals surface area contributed by atoms with Crippen molar-refractivity contribution in [3.05, 3.63) is 58.4 Å². The van der Waals surface area contributed by atoms with Crippen LogP contribution in [0.15, 0.2) is 36.5 Å². The summed E-state index contributed by atoms with van der Waals surface area (Å²) in [7, 11) is 0. The first-order valence-electron chi connectivity index (χ1n) is 9.71. The molecule has 0 saturated carbocycles. The second-order valence-corrected chi connectivity index (χ2v) is 8.71. The molecular weight excluding hydrogens is 388 g/mol. The minimum Gasteiger partial charge on any atom is -0.381 e. The summed E-state index contributed by atoms with van der Waals surface area (Å²) in [5, 5.41) is 16.3. The molecule has 7 heteroatoms. The van der Waals surface area contributed by atoms with Gasteiger partial charge in [-0.1, -0.05) is 25.4 Å². The Bertz CT molecular complexity index is 968. The van der Waals surface area contributed by atoms with E-state index in [1.165, 1.54) is 6.20 Å². The van der Waals surface area contributed by atoms with Gasteiger partial charge >= 0.3 is 0 Å². The molecule has 0 spiro atoms. The van der Waals surface area contributed by atoms with Gasteiger partial charge in [0.05, 0.1) is 23.3 Å². The normalized spacial score (nSPS) is 22.8. The minimum atomic E-state index is -0.224. The van der Waals surface area contributed by atoms with Gasteiger partial charge in [-0.05, 0) is 36.8 Å². The number of carbonyl (C=O) groups excluding carboxylic acids is 1. The van der Waals surface area contributed by atoms with Gasteiger partial charge in [-0.3, -0.25) is 4.79 Å². The Morgan fingerprint density at radius 3 is 2.97 bits per heavy atom. The van der Waals surface area contributed by atoms with Crippen LogP contribution in [-0.2, 0) is 4.74 Å². The number of hydrogen-bond acceptors (Lipinski definition) is 5. The Morgan fingerprint density at radius 2 is 2.24 bits per heavy atom. The highest BCUT2D eigenvalue weighted by molar-refractivity contribution is 6.29. The van der Waals surface area contributed by atoms with E-state index in [1.807, 2.05) is 18.2 Å². The number of carbonyl (C=O) groups is 1. The number of pyridine rings is 1. The van der Waals surface area contributed by atoms with Crippen LogP contribution in [0.5, 0.6) is 0 Å². The van der Waals surface area contributed by atoms with Crippen LogP contribution in [0.2, 0.25) is 5.15 Å². The van der Waals surface area contributed by atoms with E-state index in [1.54, 1.807) is 12.1 Å². The van der Waals surface area contributed by atoms with Crippen LogP contribution in [0.3, 0.4) is 0 Å². The molecule has 3 heterocycles. The van der Waals surface area contributed by atoms with Crippen molar-refractivity contribution in [3.8, 4) is 6.07 Å². The fourth-order valence-corrected chi connectivity index (χ4v) is 4.46. The third kappa shape index (κ3) is 3.81. The van der Waals surface area contributed by atoms with Crippen LogP contribution < -0.4 is 10.6 Å². The zero-order valence-corrected chi connectivity index (χ0v) is 17.2. The molecule has 0 radical (unpaired) electrons. The van der Waals surface area contributed by atoms with Crippen molar-refractivity contribution in [1.29, 1.82) is 5.26 Å². The van der Waals surface area contributed by atoms with Gasteiger partial charge in [-0.15, -0.1) is 0 Å². The molecule has 2 aliphatic rings. The molecule has 1 aromatic carbocycles.